The number of rotatable bonds is 4. The highest BCUT2D eigenvalue weighted by molar-refractivity contribution is 5.90. The molecule has 0 spiro atoms. The number of nitrogens with zero attached hydrogens (tertiary/aromatic N) is 2. The first-order chi connectivity index (χ1) is 10.3. The smallest absolute Gasteiger partial charge is 0.326 e. The molecule has 1 heterocycles. The van der Waals surface area contributed by atoms with Crippen molar-refractivity contribution in [2.45, 2.75) is 33.0 Å². The number of carbonyl (C=O) groups is 1. The third kappa shape index (κ3) is 4.09. The zero-order valence-corrected chi connectivity index (χ0v) is 12.2. The molecule has 0 saturated carbocycles. The molecule has 22 heavy (non-hydrogen) atoms. The molecule has 0 aliphatic rings. The molecule has 1 N–H and O–H groups in total. The Morgan fingerprint density at radius 1 is 1.27 bits per heavy atom. The Morgan fingerprint density at radius 2 is 2.00 bits per heavy atom. The van der Waals surface area contributed by atoms with Crippen LogP contribution in [0.3, 0.4) is 0 Å². The van der Waals surface area contributed by atoms with E-state index in [0.717, 1.165) is 23.5 Å². The Bertz CT molecular complexity index is 677. The summed E-state index contributed by atoms with van der Waals surface area (Å²) in [4.78, 5) is 11.8. The second-order valence-corrected chi connectivity index (χ2v) is 5.03. The maximum absolute atomic E-state index is 12.6. The number of hydrogen-bond acceptors (Lipinski definition) is 2. The lowest BCUT2D eigenvalue weighted by molar-refractivity contribution is -0.137. The molecule has 0 saturated heterocycles. The van der Waals surface area contributed by atoms with Crippen LogP contribution < -0.4 is 5.32 Å². The Labute approximate surface area is 125 Å². The van der Waals surface area contributed by atoms with E-state index in [9.17, 15) is 18.0 Å². The third-order valence-electron chi connectivity index (χ3n) is 3.13. The van der Waals surface area contributed by atoms with Crippen molar-refractivity contribution in [1.82, 2.24) is 9.78 Å². The molecule has 0 aliphatic heterocycles. The van der Waals surface area contributed by atoms with Crippen molar-refractivity contribution in [1.29, 1.82) is 0 Å². The summed E-state index contributed by atoms with van der Waals surface area (Å²) in [6, 6.07) is 6.47. The summed E-state index contributed by atoms with van der Waals surface area (Å²) in [5.74, 6) is -0.355. The van der Waals surface area contributed by atoms with E-state index in [1.165, 1.54) is 12.1 Å². The number of aryl methyl sites for hydroxylation is 3. The fraction of sp³-hybridized carbons (Fsp3) is 0.333. The molecular weight excluding hydrogens is 295 g/mol. The van der Waals surface area contributed by atoms with Crippen molar-refractivity contribution in [2.75, 3.05) is 5.32 Å². The van der Waals surface area contributed by atoms with Crippen molar-refractivity contribution in [2.24, 2.45) is 0 Å². The summed E-state index contributed by atoms with van der Waals surface area (Å²) in [5.41, 5.74) is 1.14. The van der Waals surface area contributed by atoms with Gasteiger partial charge in [0.2, 0.25) is 5.91 Å². The maximum Gasteiger partial charge on any atom is 0.416 e. The van der Waals surface area contributed by atoms with Gasteiger partial charge in [0, 0.05) is 24.3 Å². The molecule has 1 aromatic heterocycles. The summed E-state index contributed by atoms with van der Waals surface area (Å²) >= 11 is 0. The van der Waals surface area contributed by atoms with Crippen molar-refractivity contribution in [3.8, 4) is 0 Å². The zero-order valence-electron chi connectivity index (χ0n) is 12.2. The van der Waals surface area contributed by atoms with Crippen LogP contribution in [0.4, 0.5) is 18.9 Å². The van der Waals surface area contributed by atoms with Gasteiger partial charge in [0.25, 0.3) is 0 Å². The van der Waals surface area contributed by atoms with Gasteiger partial charge in [-0.2, -0.15) is 18.3 Å². The molecule has 4 nitrogen and oxygen atoms in total. The van der Waals surface area contributed by atoms with E-state index in [1.54, 1.807) is 4.68 Å². The first-order valence-electron chi connectivity index (χ1n) is 6.74. The molecule has 0 unspecified atom stereocenters. The topological polar surface area (TPSA) is 46.9 Å². The number of nitrogens with one attached hydrogen (secondary N) is 1. The lowest BCUT2D eigenvalue weighted by atomic mass is 10.2. The van der Waals surface area contributed by atoms with E-state index in [-0.39, 0.29) is 18.0 Å². The average molecular weight is 311 g/mol. The maximum atomic E-state index is 12.6. The minimum Gasteiger partial charge on any atom is -0.326 e. The van der Waals surface area contributed by atoms with Gasteiger partial charge < -0.3 is 5.32 Å². The van der Waals surface area contributed by atoms with Crippen LogP contribution in [0, 0.1) is 13.8 Å². The summed E-state index contributed by atoms with van der Waals surface area (Å²) in [5, 5.41) is 6.69. The van der Waals surface area contributed by atoms with Gasteiger partial charge in [-0.25, -0.2) is 0 Å². The van der Waals surface area contributed by atoms with Crippen LogP contribution in [0.15, 0.2) is 30.3 Å². The fourth-order valence-corrected chi connectivity index (χ4v) is 2.11. The normalized spacial score (nSPS) is 11.5. The molecule has 118 valence electrons. The molecule has 0 atom stereocenters. The molecule has 0 fully saturated rings. The third-order valence-corrected chi connectivity index (χ3v) is 3.13. The van der Waals surface area contributed by atoms with Crippen LogP contribution in [0.1, 0.15) is 23.4 Å². The Kier molecular flexibility index (Phi) is 4.54. The first kappa shape index (κ1) is 16.1. The number of hydrogen-bond donors (Lipinski definition) is 1. The minimum absolute atomic E-state index is 0.133. The van der Waals surface area contributed by atoms with Crippen LogP contribution in [-0.2, 0) is 17.5 Å². The van der Waals surface area contributed by atoms with E-state index in [4.69, 9.17) is 0 Å². The van der Waals surface area contributed by atoms with Crippen molar-refractivity contribution < 1.29 is 18.0 Å². The summed E-state index contributed by atoms with van der Waals surface area (Å²) in [6.07, 6.45) is -4.29. The van der Waals surface area contributed by atoms with Crippen molar-refractivity contribution in [3.05, 3.63) is 47.3 Å². The van der Waals surface area contributed by atoms with Crippen LogP contribution in [0.5, 0.6) is 0 Å². The van der Waals surface area contributed by atoms with Crippen LogP contribution in [0.2, 0.25) is 0 Å². The molecule has 1 amide bonds. The van der Waals surface area contributed by atoms with E-state index in [2.05, 4.69) is 10.4 Å². The summed E-state index contributed by atoms with van der Waals surface area (Å²) < 4.78 is 39.5. The predicted octanol–water partition coefficient (Wildman–Crippen LogP) is 3.55. The van der Waals surface area contributed by atoms with Crippen LogP contribution >= 0.6 is 0 Å². The van der Waals surface area contributed by atoms with Crippen molar-refractivity contribution >= 4 is 11.6 Å². The van der Waals surface area contributed by atoms with Gasteiger partial charge in [0.15, 0.2) is 0 Å². The molecule has 2 rings (SSSR count). The van der Waals surface area contributed by atoms with Gasteiger partial charge >= 0.3 is 6.18 Å². The molecule has 2 aromatic rings. The second kappa shape index (κ2) is 6.21. The monoisotopic (exact) mass is 311 g/mol. The van der Waals surface area contributed by atoms with Gasteiger partial charge in [-0.3, -0.25) is 9.48 Å². The lowest BCUT2D eigenvalue weighted by Crippen LogP contribution is -2.16. The van der Waals surface area contributed by atoms with Gasteiger partial charge in [-0.1, -0.05) is 6.07 Å². The number of aromatic nitrogens is 2. The Balaban J connectivity index is 1.96. The highest BCUT2D eigenvalue weighted by atomic mass is 19.4. The molecule has 0 aliphatic carbocycles. The minimum atomic E-state index is -4.43. The van der Waals surface area contributed by atoms with E-state index in [0.29, 0.717) is 6.54 Å². The number of amides is 1. The number of alkyl halides is 3. The van der Waals surface area contributed by atoms with Gasteiger partial charge in [0.05, 0.1) is 11.3 Å². The highest BCUT2D eigenvalue weighted by Crippen LogP contribution is 2.30. The van der Waals surface area contributed by atoms with Crippen LogP contribution in [0.25, 0.3) is 0 Å². The first-order valence-corrected chi connectivity index (χ1v) is 6.74. The van der Waals surface area contributed by atoms with E-state index in [1.807, 2.05) is 19.9 Å². The zero-order chi connectivity index (χ0) is 16.3. The standard InChI is InChI=1S/C15H16F3N3O/c1-10-8-11(2)21(20-10)7-6-14(22)19-13-5-3-4-12(9-13)15(16,17)18/h3-5,8-9H,6-7H2,1-2H3,(H,19,22). The SMILES string of the molecule is Cc1cc(C)n(CCC(=O)Nc2cccc(C(F)(F)F)c2)n1. The fourth-order valence-electron chi connectivity index (χ4n) is 2.11. The van der Waals surface area contributed by atoms with Gasteiger partial charge in [-0.15, -0.1) is 0 Å². The Hall–Kier alpha value is -2.31. The molecule has 0 radical (unpaired) electrons. The largest absolute Gasteiger partial charge is 0.416 e. The van der Waals surface area contributed by atoms with E-state index < -0.39 is 11.7 Å². The highest BCUT2D eigenvalue weighted by Gasteiger charge is 2.30. The molecular formula is C15H16F3N3O. The average Bonchev–Trinajstić information content (AvgIpc) is 2.74. The molecule has 7 heteroatoms. The van der Waals surface area contributed by atoms with Gasteiger partial charge in [0.1, 0.15) is 0 Å². The quantitative estimate of drug-likeness (QED) is 0.938. The number of benzene rings is 1. The van der Waals surface area contributed by atoms with Crippen molar-refractivity contribution in [3.63, 3.8) is 0 Å². The summed E-state index contributed by atoms with van der Waals surface area (Å²) in [6.45, 7) is 4.11. The Morgan fingerprint density at radius 3 is 2.59 bits per heavy atom. The van der Waals surface area contributed by atoms with Crippen LogP contribution in [-0.4, -0.2) is 15.7 Å². The van der Waals surface area contributed by atoms with E-state index >= 15 is 0 Å². The predicted molar refractivity (Wildman–Crippen MR) is 76.4 cm³/mol. The summed E-state index contributed by atoms with van der Waals surface area (Å²) in [7, 11) is 0. The van der Waals surface area contributed by atoms with Gasteiger partial charge in [-0.05, 0) is 38.1 Å². The molecule has 1 aromatic carbocycles. The molecule has 0 bridgehead atoms. The number of anilines is 1. The second-order valence-electron chi connectivity index (χ2n) is 5.03. The lowest BCUT2D eigenvalue weighted by Gasteiger charge is -2.10. The number of carbonyl (C=O) groups excluding carboxylic acids is 1. The number of halogens is 3.